The van der Waals surface area contributed by atoms with E-state index < -0.39 is 0 Å². The Balaban J connectivity index is 1.23. The Hall–Kier alpha value is -5.88. The molecule has 0 amide bonds. The lowest BCUT2D eigenvalue weighted by Gasteiger charge is -2.18. The summed E-state index contributed by atoms with van der Waals surface area (Å²) in [6.07, 6.45) is 5.91. The van der Waals surface area contributed by atoms with Crippen molar-refractivity contribution in [1.29, 1.82) is 0 Å². The summed E-state index contributed by atoms with van der Waals surface area (Å²) in [5, 5.41) is 0. The second-order valence-electron chi connectivity index (χ2n) is 17.1. The van der Waals surface area contributed by atoms with Crippen LogP contribution < -0.4 is 0 Å². The fourth-order valence-corrected chi connectivity index (χ4v) is 6.16. The van der Waals surface area contributed by atoms with E-state index in [1.165, 1.54) is 16.7 Å². The minimum atomic E-state index is 0.0489. The Morgan fingerprint density at radius 1 is 0.278 bits per heavy atom. The molecule has 0 aliphatic carbocycles. The third kappa shape index (κ3) is 8.03. The van der Waals surface area contributed by atoms with Gasteiger partial charge in [0.1, 0.15) is 0 Å². The third-order valence-electron chi connectivity index (χ3n) is 9.84. The highest BCUT2D eigenvalue weighted by Crippen LogP contribution is 2.31. The molecule has 270 valence electrons. The maximum atomic E-state index is 5.01. The van der Waals surface area contributed by atoms with Crippen LogP contribution in [0.1, 0.15) is 79.0 Å². The predicted molar refractivity (Wildman–Crippen MR) is 222 cm³/mol. The molecule has 6 nitrogen and oxygen atoms in total. The Labute approximate surface area is 319 Å². The molecule has 4 heterocycles. The van der Waals surface area contributed by atoms with Crippen molar-refractivity contribution < 1.29 is 0 Å². The van der Waals surface area contributed by atoms with E-state index in [4.69, 9.17) is 29.9 Å². The quantitative estimate of drug-likeness (QED) is 0.171. The lowest BCUT2D eigenvalue weighted by Crippen LogP contribution is -2.11. The second kappa shape index (κ2) is 14.2. The van der Waals surface area contributed by atoms with Crippen molar-refractivity contribution >= 4 is 0 Å². The molecule has 0 spiro atoms. The van der Waals surface area contributed by atoms with E-state index in [-0.39, 0.29) is 16.2 Å². The van der Waals surface area contributed by atoms with E-state index in [1.54, 1.807) is 0 Å². The largest absolute Gasteiger partial charge is 0.256 e. The highest BCUT2D eigenvalue weighted by Gasteiger charge is 2.18. The van der Waals surface area contributed by atoms with Gasteiger partial charge >= 0.3 is 0 Å². The van der Waals surface area contributed by atoms with Gasteiger partial charge in [0.2, 0.25) is 0 Å². The molecule has 6 heteroatoms. The standard InChI is InChI=1S/C48H48N6/c1-46(2,3)37-22-25-40(49-28-37)31-10-16-34(17-11-31)43-52-44(35-18-12-32(13-19-35)41-26-23-38(29-50-41)47(4,5)6)54-45(53-43)36-20-14-33(15-21-36)42-27-24-39(30-51-42)48(7,8)9/h10-30H,1-9H3. The van der Waals surface area contributed by atoms with Gasteiger partial charge in [-0.2, -0.15) is 0 Å². The van der Waals surface area contributed by atoms with Gasteiger partial charge < -0.3 is 0 Å². The van der Waals surface area contributed by atoms with Crippen LogP contribution in [0, 0.1) is 0 Å². The zero-order valence-corrected chi connectivity index (χ0v) is 32.8. The first-order chi connectivity index (χ1) is 25.6. The van der Waals surface area contributed by atoms with Gasteiger partial charge in [-0.05, 0) is 51.1 Å². The predicted octanol–water partition coefficient (Wildman–Crippen LogP) is 12.0. The summed E-state index contributed by atoms with van der Waals surface area (Å²) in [5.74, 6) is 1.80. The number of nitrogens with zero attached hydrogens (tertiary/aromatic N) is 6. The maximum absolute atomic E-state index is 5.01. The molecule has 0 aliphatic rings. The fraction of sp³-hybridized carbons (Fsp3) is 0.250. The molecule has 0 fully saturated rings. The zero-order valence-electron chi connectivity index (χ0n) is 32.8. The molecular weight excluding hydrogens is 661 g/mol. The Kier molecular flexibility index (Phi) is 9.57. The first-order valence-corrected chi connectivity index (χ1v) is 18.6. The van der Waals surface area contributed by atoms with Crippen molar-refractivity contribution in [1.82, 2.24) is 29.9 Å². The summed E-state index contributed by atoms with van der Waals surface area (Å²) >= 11 is 0. The van der Waals surface area contributed by atoms with E-state index >= 15 is 0 Å². The van der Waals surface area contributed by atoms with Crippen LogP contribution in [0.25, 0.3) is 67.9 Å². The SMILES string of the molecule is CC(C)(C)c1ccc(-c2ccc(-c3nc(-c4ccc(-c5ccc(C(C)(C)C)cn5)cc4)nc(-c4ccc(-c5ccc(C(C)(C)C)cn5)cc4)n3)cc2)nc1. The molecule has 0 radical (unpaired) electrons. The number of hydrogen-bond acceptors (Lipinski definition) is 6. The Morgan fingerprint density at radius 2 is 0.500 bits per heavy atom. The summed E-state index contributed by atoms with van der Waals surface area (Å²) in [5.41, 5.74) is 12.3. The number of hydrogen-bond donors (Lipinski definition) is 0. The van der Waals surface area contributed by atoms with Crippen LogP contribution in [0.4, 0.5) is 0 Å². The van der Waals surface area contributed by atoms with Crippen molar-refractivity contribution in [3.63, 3.8) is 0 Å². The molecule has 0 atom stereocenters. The van der Waals surface area contributed by atoms with Gasteiger partial charge in [0.05, 0.1) is 17.1 Å². The molecule has 0 unspecified atom stereocenters. The maximum Gasteiger partial charge on any atom is 0.164 e. The van der Waals surface area contributed by atoms with Crippen LogP contribution >= 0.6 is 0 Å². The van der Waals surface area contributed by atoms with Crippen molar-refractivity contribution in [2.24, 2.45) is 0 Å². The number of rotatable bonds is 6. The smallest absolute Gasteiger partial charge is 0.164 e. The van der Waals surface area contributed by atoms with Crippen molar-refractivity contribution in [2.75, 3.05) is 0 Å². The molecule has 54 heavy (non-hydrogen) atoms. The van der Waals surface area contributed by atoms with Crippen molar-refractivity contribution in [3.8, 4) is 67.9 Å². The third-order valence-corrected chi connectivity index (χ3v) is 9.84. The molecule has 0 N–H and O–H groups in total. The van der Waals surface area contributed by atoms with E-state index in [0.717, 1.165) is 50.5 Å². The van der Waals surface area contributed by atoms with E-state index in [0.29, 0.717) is 17.5 Å². The van der Waals surface area contributed by atoms with Crippen LogP contribution in [-0.4, -0.2) is 29.9 Å². The minimum Gasteiger partial charge on any atom is -0.256 e. The first kappa shape index (κ1) is 36.5. The molecule has 7 rings (SSSR count). The number of benzene rings is 3. The van der Waals surface area contributed by atoms with E-state index in [9.17, 15) is 0 Å². The average molecular weight is 709 g/mol. The minimum absolute atomic E-state index is 0.0489. The Morgan fingerprint density at radius 3 is 0.685 bits per heavy atom. The molecule has 3 aromatic carbocycles. The topological polar surface area (TPSA) is 77.3 Å². The lowest BCUT2D eigenvalue weighted by atomic mass is 9.88. The van der Waals surface area contributed by atoms with Crippen LogP contribution in [0.2, 0.25) is 0 Å². The van der Waals surface area contributed by atoms with Crippen molar-refractivity contribution in [2.45, 2.75) is 78.6 Å². The monoisotopic (exact) mass is 708 g/mol. The molecule has 7 aromatic rings. The fourth-order valence-electron chi connectivity index (χ4n) is 6.16. The van der Waals surface area contributed by atoms with Gasteiger partial charge in [0.15, 0.2) is 17.5 Å². The zero-order chi connectivity index (χ0) is 38.3. The molecule has 0 saturated carbocycles. The normalized spacial score (nSPS) is 12.2. The van der Waals surface area contributed by atoms with Gasteiger partial charge in [-0.15, -0.1) is 0 Å². The molecular formula is C48H48N6. The summed E-state index contributed by atoms with van der Waals surface area (Å²) in [6.45, 7) is 19.8. The molecule has 0 saturated heterocycles. The van der Waals surface area contributed by atoms with Gasteiger partial charge in [-0.25, -0.2) is 15.0 Å². The van der Waals surface area contributed by atoms with E-state index in [2.05, 4.69) is 172 Å². The van der Waals surface area contributed by atoms with Crippen LogP contribution in [0.15, 0.2) is 128 Å². The number of aromatic nitrogens is 6. The summed E-state index contributed by atoms with van der Waals surface area (Å²) in [6, 6.07) is 37.6. The summed E-state index contributed by atoms with van der Waals surface area (Å²) < 4.78 is 0. The average Bonchev–Trinajstić information content (AvgIpc) is 3.17. The highest BCUT2D eigenvalue weighted by atomic mass is 15.0. The Bertz CT molecular complexity index is 2070. The molecule has 0 bridgehead atoms. The van der Waals surface area contributed by atoms with Gasteiger partial charge in [0.25, 0.3) is 0 Å². The summed E-state index contributed by atoms with van der Waals surface area (Å²) in [4.78, 5) is 29.3. The van der Waals surface area contributed by atoms with E-state index in [1.807, 2.05) is 18.6 Å². The summed E-state index contributed by atoms with van der Waals surface area (Å²) in [7, 11) is 0. The second-order valence-corrected chi connectivity index (χ2v) is 17.1. The first-order valence-electron chi connectivity index (χ1n) is 18.6. The van der Waals surface area contributed by atoms with Gasteiger partial charge in [0, 0.05) is 52.0 Å². The van der Waals surface area contributed by atoms with Gasteiger partial charge in [-0.3, -0.25) is 15.0 Å². The highest BCUT2D eigenvalue weighted by molar-refractivity contribution is 5.72. The van der Waals surface area contributed by atoms with Crippen molar-refractivity contribution in [3.05, 3.63) is 144 Å². The molecule has 4 aromatic heterocycles. The number of pyridine rings is 3. The van der Waals surface area contributed by atoms with Crippen LogP contribution in [0.5, 0.6) is 0 Å². The van der Waals surface area contributed by atoms with Gasteiger partial charge in [-0.1, -0.05) is 153 Å². The van der Waals surface area contributed by atoms with Crippen LogP contribution in [-0.2, 0) is 16.2 Å². The molecule has 0 aliphatic heterocycles. The van der Waals surface area contributed by atoms with Crippen LogP contribution in [0.3, 0.4) is 0 Å². The lowest BCUT2D eigenvalue weighted by molar-refractivity contribution is 0.587.